The Bertz CT molecular complexity index is 836. The molecule has 1 aliphatic rings. The molecule has 1 saturated heterocycles. The molecule has 1 N–H and O–H groups in total. The number of hydrogen-bond acceptors (Lipinski definition) is 3. The Morgan fingerprint density at radius 3 is 2.65 bits per heavy atom. The first-order chi connectivity index (χ1) is 11.3. The average molecular weight is 307 g/mol. The van der Waals surface area contributed by atoms with Gasteiger partial charge in [-0.2, -0.15) is 0 Å². The smallest absolute Gasteiger partial charge is 0.254 e. The molecule has 0 bridgehead atoms. The van der Waals surface area contributed by atoms with E-state index in [1.54, 1.807) is 0 Å². The van der Waals surface area contributed by atoms with Gasteiger partial charge >= 0.3 is 0 Å². The molecule has 2 aromatic carbocycles. The van der Waals surface area contributed by atoms with Crippen molar-refractivity contribution in [2.24, 2.45) is 0 Å². The third-order valence-corrected chi connectivity index (χ3v) is 4.07. The van der Waals surface area contributed by atoms with Gasteiger partial charge in [-0.15, -0.1) is 0 Å². The summed E-state index contributed by atoms with van der Waals surface area (Å²) in [5, 5.41) is 0. The average Bonchev–Trinajstić information content (AvgIpc) is 3.06. The van der Waals surface area contributed by atoms with E-state index in [0.717, 1.165) is 22.4 Å². The van der Waals surface area contributed by atoms with E-state index in [1.807, 2.05) is 53.4 Å². The van der Waals surface area contributed by atoms with Gasteiger partial charge in [0.1, 0.15) is 5.82 Å². The highest BCUT2D eigenvalue weighted by molar-refractivity contribution is 5.97. The van der Waals surface area contributed by atoms with Crippen LogP contribution in [0.3, 0.4) is 0 Å². The number of imidazole rings is 1. The Labute approximate surface area is 133 Å². The van der Waals surface area contributed by atoms with Gasteiger partial charge in [0.2, 0.25) is 0 Å². The van der Waals surface area contributed by atoms with Crippen LogP contribution in [0.25, 0.3) is 22.4 Å². The number of morpholine rings is 1. The molecule has 1 aromatic heterocycles. The summed E-state index contributed by atoms with van der Waals surface area (Å²) in [6.07, 6.45) is 0. The molecule has 0 saturated carbocycles. The van der Waals surface area contributed by atoms with Crippen molar-refractivity contribution in [2.45, 2.75) is 0 Å². The highest BCUT2D eigenvalue weighted by Gasteiger charge is 2.19. The van der Waals surface area contributed by atoms with Crippen molar-refractivity contribution in [1.29, 1.82) is 0 Å². The lowest BCUT2D eigenvalue weighted by Crippen LogP contribution is -2.40. The molecular weight excluding hydrogens is 290 g/mol. The second kappa shape index (κ2) is 5.85. The first-order valence-corrected chi connectivity index (χ1v) is 7.73. The zero-order chi connectivity index (χ0) is 15.6. The fourth-order valence-corrected chi connectivity index (χ4v) is 2.82. The summed E-state index contributed by atoms with van der Waals surface area (Å²) < 4.78 is 5.30. The minimum absolute atomic E-state index is 0.0473. The standard InChI is InChI=1S/C18H17N3O2/c22-18(21-8-10-23-11-9-21)14-6-7-15-16(12-14)20-17(19-15)13-4-2-1-3-5-13/h1-7,12H,8-11H2,(H,19,20). The molecule has 23 heavy (non-hydrogen) atoms. The van der Waals surface area contributed by atoms with Crippen molar-refractivity contribution in [2.75, 3.05) is 26.3 Å². The lowest BCUT2D eigenvalue weighted by atomic mass is 10.1. The number of hydrogen-bond donors (Lipinski definition) is 1. The van der Waals surface area contributed by atoms with E-state index in [-0.39, 0.29) is 5.91 Å². The lowest BCUT2D eigenvalue weighted by molar-refractivity contribution is 0.0303. The lowest BCUT2D eigenvalue weighted by Gasteiger charge is -2.26. The van der Waals surface area contributed by atoms with Crippen LogP contribution in [0.2, 0.25) is 0 Å². The molecule has 116 valence electrons. The van der Waals surface area contributed by atoms with Crippen molar-refractivity contribution >= 4 is 16.9 Å². The van der Waals surface area contributed by atoms with E-state index >= 15 is 0 Å². The Morgan fingerprint density at radius 2 is 1.87 bits per heavy atom. The van der Waals surface area contributed by atoms with Gasteiger partial charge < -0.3 is 14.6 Å². The number of H-pyrrole nitrogens is 1. The monoisotopic (exact) mass is 307 g/mol. The van der Waals surface area contributed by atoms with Gasteiger partial charge in [-0.3, -0.25) is 4.79 Å². The topological polar surface area (TPSA) is 58.2 Å². The maximum absolute atomic E-state index is 12.6. The Morgan fingerprint density at radius 1 is 1.09 bits per heavy atom. The number of ether oxygens (including phenoxy) is 1. The fraction of sp³-hybridized carbons (Fsp3) is 0.222. The van der Waals surface area contributed by atoms with E-state index in [9.17, 15) is 4.79 Å². The molecule has 1 amide bonds. The minimum atomic E-state index is 0.0473. The minimum Gasteiger partial charge on any atom is -0.378 e. The summed E-state index contributed by atoms with van der Waals surface area (Å²) in [6.45, 7) is 2.51. The van der Waals surface area contributed by atoms with E-state index in [0.29, 0.717) is 31.9 Å². The number of rotatable bonds is 2. The van der Waals surface area contributed by atoms with Crippen molar-refractivity contribution in [3.8, 4) is 11.4 Å². The Balaban J connectivity index is 1.66. The van der Waals surface area contributed by atoms with Crippen molar-refractivity contribution < 1.29 is 9.53 Å². The van der Waals surface area contributed by atoms with Crippen LogP contribution in [-0.2, 0) is 4.74 Å². The van der Waals surface area contributed by atoms with Crippen molar-refractivity contribution in [3.05, 3.63) is 54.1 Å². The zero-order valence-corrected chi connectivity index (χ0v) is 12.7. The number of fused-ring (bicyclic) bond motifs is 1. The van der Waals surface area contributed by atoms with Crippen LogP contribution in [-0.4, -0.2) is 47.1 Å². The van der Waals surface area contributed by atoms with Crippen LogP contribution in [0.4, 0.5) is 0 Å². The fourth-order valence-electron chi connectivity index (χ4n) is 2.82. The zero-order valence-electron chi connectivity index (χ0n) is 12.7. The molecule has 4 rings (SSSR count). The Hall–Kier alpha value is -2.66. The molecule has 5 nitrogen and oxygen atoms in total. The molecule has 1 aliphatic heterocycles. The number of amides is 1. The van der Waals surface area contributed by atoms with Crippen LogP contribution >= 0.6 is 0 Å². The molecule has 0 radical (unpaired) electrons. The maximum Gasteiger partial charge on any atom is 0.254 e. The van der Waals surface area contributed by atoms with Crippen LogP contribution < -0.4 is 0 Å². The van der Waals surface area contributed by atoms with Gasteiger partial charge in [0.15, 0.2) is 0 Å². The largest absolute Gasteiger partial charge is 0.378 e. The van der Waals surface area contributed by atoms with E-state index < -0.39 is 0 Å². The van der Waals surface area contributed by atoms with Gasteiger partial charge in [-0.05, 0) is 18.2 Å². The summed E-state index contributed by atoms with van der Waals surface area (Å²) in [5.41, 5.74) is 3.46. The normalized spacial score (nSPS) is 15.0. The third kappa shape index (κ3) is 2.71. The highest BCUT2D eigenvalue weighted by Crippen LogP contribution is 2.21. The SMILES string of the molecule is O=C(c1ccc2nc(-c3ccccc3)[nH]c2c1)N1CCOCC1. The summed E-state index contributed by atoms with van der Waals surface area (Å²) in [5.74, 6) is 0.864. The van der Waals surface area contributed by atoms with E-state index in [4.69, 9.17) is 4.74 Å². The molecule has 0 atom stereocenters. The highest BCUT2D eigenvalue weighted by atomic mass is 16.5. The first kappa shape index (κ1) is 14.0. The summed E-state index contributed by atoms with van der Waals surface area (Å²) in [7, 11) is 0. The predicted molar refractivity (Wildman–Crippen MR) is 88.3 cm³/mol. The molecule has 5 heteroatoms. The summed E-state index contributed by atoms with van der Waals surface area (Å²) in [4.78, 5) is 22.3. The number of aromatic nitrogens is 2. The second-order valence-electron chi connectivity index (χ2n) is 5.59. The number of aromatic amines is 1. The molecule has 0 aliphatic carbocycles. The number of nitrogens with zero attached hydrogens (tertiary/aromatic N) is 2. The second-order valence-corrected chi connectivity index (χ2v) is 5.59. The Kier molecular flexibility index (Phi) is 3.55. The van der Waals surface area contributed by atoms with Crippen LogP contribution in [0.15, 0.2) is 48.5 Å². The quantitative estimate of drug-likeness (QED) is 0.792. The van der Waals surface area contributed by atoms with Gasteiger partial charge in [0.25, 0.3) is 5.91 Å². The number of nitrogens with one attached hydrogen (secondary N) is 1. The van der Waals surface area contributed by atoms with Gasteiger partial charge in [-0.1, -0.05) is 30.3 Å². The third-order valence-electron chi connectivity index (χ3n) is 4.07. The maximum atomic E-state index is 12.6. The van der Waals surface area contributed by atoms with Crippen molar-refractivity contribution in [3.63, 3.8) is 0 Å². The summed E-state index contributed by atoms with van der Waals surface area (Å²) >= 11 is 0. The molecule has 0 unspecified atom stereocenters. The molecule has 3 aromatic rings. The molecular formula is C18H17N3O2. The molecule has 0 spiro atoms. The number of carbonyl (C=O) groups excluding carboxylic acids is 1. The van der Waals surface area contributed by atoms with E-state index in [2.05, 4.69) is 9.97 Å². The molecule has 1 fully saturated rings. The van der Waals surface area contributed by atoms with Crippen LogP contribution in [0, 0.1) is 0 Å². The van der Waals surface area contributed by atoms with Crippen molar-refractivity contribution in [1.82, 2.24) is 14.9 Å². The number of benzene rings is 2. The summed E-state index contributed by atoms with van der Waals surface area (Å²) in [6, 6.07) is 15.6. The van der Waals surface area contributed by atoms with Gasteiger partial charge in [0.05, 0.1) is 24.2 Å². The van der Waals surface area contributed by atoms with E-state index in [1.165, 1.54) is 0 Å². The predicted octanol–water partition coefficient (Wildman–Crippen LogP) is 2.70. The number of carbonyl (C=O) groups is 1. The van der Waals surface area contributed by atoms with Crippen LogP contribution in [0.5, 0.6) is 0 Å². The van der Waals surface area contributed by atoms with Crippen LogP contribution in [0.1, 0.15) is 10.4 Å². The first-order valence-electron chi connectivity index (χ1n) is 7.73. The van der Waals surface area contributed by atoms with Gasteiger partial charge in [-0.25, -0.2) is 4.98 Å². The van der Waals surface area contributed by atoms with Gasteiger partial charge in [0, 0.05) is 24.2 Å². The molecule has 2 heterocycles.